The van der Waals surface area contributed by atoms with E-state index in [2.05, 4.69) is 14.9 Å². The Kier molecular flexibility index (Phi) is 4.99. The molecule has 1 aromatic carbocycles. The van der Waals surface area contributed by atoms with Crippen molar-refractivity contribution in [1.82, 2.24) is 14.5 Å². The van der Waals surface area contributed by atoms with Crippen LogP contribution in [0.1, 0.15) is 30.5 Å². The van der Waals surface area contributed by atoms with Gasteiger partial charge in [0.2, 0.25) is 5.88 Å². The van der Waals surface area contributed by atoms with Crippen molar-refractivity contribution < 1.29 is 31.4 Å². The van der Waals surface area contributed by atoms with Crippen molar-refractivity contribution in [2.75, 3.05) is 11.4 Å². The van der Waals surface area contributed by atoms with Crippen molar-refractivity contribution in [2.45, 2.75) is 44.6 Å². The second kappa shape index (κ2) is 7.90. The third-order valence-corrected chi connectivity index (χ3v) is 6.91. The van der Waals surface area contributed by atoms with Crippen LogP contribution in [0, 0.1) is 17.0 Å². The first-order valence-corrected chi connectivity index (χ1v) is 11.3. The number of pyridine rings is 1. The maximum atomic E-state index is 14.6. The van der Waals surface area contributed by atoms with Crippen LogP contribution in [-0.4, -0.2) is 27.1 Å². The molecule has 6 rings (SSSR count). The molecule has 0 radical (unpaired) electrons. The summed E-state index contributed by atoms with van der Waals surface area (Å²) in [5.74, 6) is -2.76. The smallest absolute Gasteiger partial charge is 0.433 e. The molecule has 0 amide bonds. The number of alkyl halides is 3. The minimum absolute atomic E-state index is 0.0428. The fourth-order valence-corrected chi connectivity index (χ4v) is 5.00. The zero-order valence-electron chi connectivity index (χ0n) is 18.7. The van der Waals surface area contributed by atoms with Gasteiger partial charge in [0.15, 0.2) is 17.4 Å². The molecule has 2 aliphatic heterocycles. The highest BCUT2D eigenvalue weighted by atomic mass is 19.4. The number of nitrogens with zero attached hydrogens (tertiary/aromatic N) is 4. The molecule has 0 bridgehead atoms. The van der Waals surface area contributed by atoms with E-state index in [0.717, 1.165) is 43.2 Å². The molecule has 2 aromatic heterocycles. The zero-order valence-corrected chi connectivity index (χ0v) is 18.7. The van der Waals surface area contributed by atoms with Crippen LogP contribution in [0.4, 0.5) is 27.8 Å². The quantitative estimate of drug-likeness (QED) is 0.469. The molecule has 1 atom stereocenters. The number of fused-ring (bicyclic) bond motifs is 3. The molecular formula is C24H19F5N4O3. The summed E-state index contributed by atoms with van der Waals surface area (Å²) in [6.45, 7) is 1.19. The van der Waals surface area contributed by atoms with Crippen LogP contribution in [-0.2, 0) is 19.3 Å². The molecule has 1 saturated heterocycles. The first kappa shape index (κ1) is 22.7. The van der Waals surface area contributed by atoms with Crippen LogP contribution < -0.4 is 20.1 Å². The molecule has 4 heterocycles. The Bertz CT molecular complexity index is 1400. The van der Waals surface area contributed by atoms with Crippen molar-refractivity contribution in [3.05, 3.63) is 69.9 Å². The normalized spacial score (nSPS) is 19.4. The fraction of sp³-hybridized carbons (Fsp3) is 0.375. The van der Waals surface area contributed by atoms with Gasteiger partial charge in [0.05, 0.1) is 0 Å². The zero-order chi connectivity index (χ0) is 25.2. The standard InChI is InChI=1S/C24H19F5N4O3/c25-16-5-13(6-17(26)21(16)36-15-1-4-30-18(7-15)24(27,28)29)11-35-19-8-20-32(22(34)31-19)10-14-9-23(2-3-23)12-33(14)20/h1,4-8,14H,2-3,9-12H2. The average molecular weight is 506 g/mol. The molecule has 3 aromatic rings. The van der Waals surface area contributed by atoms with E-state index in [1.54, 1.807) is 10.6 Å². The van der Waals surface area contributed by atoms with Crippen molar-refractivity contribution in [1.29, 1.82) is 0 Å². The molecule has 36 heavy (non-hydrogen) atoms. The van der Waals surface area contributed by atoms with Crippen molar-refractivity contribution >= 4 is 5.82 Å². The minimum Gasteiger partial charge on any atom is -0.473 e. The summed E-state index contributed by atoms with van der Waals surface area (Å²) < 4.78 is 79.9. The Balaban J connectivity index is 1.18. The fourth-order valence-electron chi connectivity index (χ4n) is 5.00. The first-order chi connectivity index (χ1) is 17.1. The van der Waals surface area contributed by atoms with E-state index >= 15 is 0 Å². The van der Waals surface area contributed by atoms with Crippen LogP contribution in [0.25, 0.3) is 0 Å². The van der Waals surface area contributed by atoms with E-state index in [0.29, 0.717) is 18.0 Å². The van der Waals surface area contributed by atoms with E-state index in [-0.39, 0.29) is 24.1 Å². The number of ether oxygens (including phenoxy) is 2. The molecule has 7 nitrogen and oxygen atoms in total. The van der Waals surface area contributed by atoms with Crippen LogP contribution in [0.15, 0.2) is 41.3 Å². The van der Waals surface area contributed by atoms with Gasteiger partial charge < -0.3 is 14.4 Å². The lowest BCUT2D eigenvalue weighted by Crippen LogP contribution is -2.25. The Hall–Kier alpha value is -3.70. The summed E-state index contributed by atoms with van der Waals surface area (Å²) in [4.78, 5) is 21.8. The summed E-state index contributed by atoms with van der Waals surface area (Å²) >= 11 is 0. The van der Waals surface area contributed by atoms with Crippen LogP contribution in [0.2, 0.25) is 0 Å². The molecule has 1 spiro atoms. The van der Waals surface area contributed by atoms with E-state index in [1.165, 1.54) is 12.8 Å². The van der Waals surface area contributed by atoms with Gasteiger partial charge >= 0.3 is 11.9 Å². The lowest BCUT2D eigenvalue weighted by Gasteiger charge is -2.18. The Morgan fingerprint density at radius 3 is 2.56 bits per heavy atom. The molecule has 2 fully saturated rings. The van der Waals surface area contributed by atoms with Crippen molar-refractivity contribution in [3.63, 3.8) is 0 Å². The molecule has 3 aliphatic rings. The lowest BCUT2D eigenvalue weighted by molar-refractivity contribution is -0.141. The lowest BCUT2D eigenvalue weighted by atomic mass is 10.0. The van der Waals surface area contributed by atoms with Gasteiger partial charge in [-0.2, -0.15) is 18.2 Å². The molecular weight excluding hydrogens is 487 g/mol. The largest absolute Gasteiger partial charge is 0.473 e. The third-order valence-electron chi connectivity index (χ3n) is 6.91. The highest BCUT2D eigenvalue weighted by Gasteiger charge is 2.54. The summed E-state index contributed by atoms with van der Waals surface area (Å²) in [7, 11) is 0. The van der Waals surface area contributed by atoms with Gasteiger partial charge in [0, 0.05) is 37.5 Å². The molecule has 1 saturated carbocycles. The van der Waals surface area contributed by atoms with E-state index in [1.807, 2.05) is 0 Å². The van der Waals surface area contributed by atoms with Crippen LogP contribution in [0.3, 0.4) is 0 Å². The van der Waals surface area contributed by atoms with Gasteiger partial charge in [-0.3, -0.25) is 9.55 Å². The maximum absolute atomic E-state index is 14.6. The number of aromatic nitrogens is 3. The second-order valence-corrected chi connectivity index (χ2v) is 9.49. The number of rotatable bonds is 5. The predicted molar refractivity (Wildman–Crippen MR) is 116 cm³/mol. The summed E-state index contributed by atoms with van der Waals surface area (Å²) in [6.07, 6.45) is -0.466. The summed E-state index contributed by atoms with van der Waals surface area (Å²) in [5.41, 5.74) is -1.25. The average Bonchev–Trinajstić information content (AvgIpc) is 3.35. The molecule has 1 unspecified atom stereocenters. The third kappa shape index (κ3) is 4.03. The van der Waals surface area contributed by atoms with Gasteiger partial charge in [0.25, 0.3) is 0 Å². The maximum Gasteiger partial charge on any atom is 0.433 e. The van der Waals surface area contributed by atoms with Crippen molar-refractivity contribution in [2.24, 2.45) is 5.41 Å². The van der Waals surface area contributed by atoms with Crippen LogP contribution >= 0.6 is 0 Å². The van der Waals surface area contributed by atoms with Gasteiger partial charge in [-0.25, -0.2) is 13.6 Å². The van der Waals surface area contributed by atoms with Gasteiger partial charge in [0.1, 0.15) is 23.9 Å². The molecule has 12 heteroatoms. The van der Waals surface area contributed by atoms with E-state index in [9.17, 15) is 26.7 Å². The number of halogens is 5. The van der Waals surface area contributed by atoms with E-state index < -0.39 is 40.7 Å². The monoisotopic (exact) mass is 506 g/mol. The van der Waals surface area contributed by atoms with Gasteiger partial charge in [-0.1, -0.05) is 0 Å². The van der Waals surface area contributed by atoms with Gasteiger partial charge in [-0.15, -0.1) is 0 Å². The number of hydrogen-bond donors (Lipinski definition) is 0. The molecule has 1 aliphatic carbocycles. The summed E-state index contributed by atoms with van der Waals surface area (Å²) in [6, 6.07) is 5.41. The second-order valence-electron chi connectivity index (χ2n) is 9.49. The SMILES string of the molecule is O=c1nc(OCc2cc(F)c(Oc3ccnc(C(F)(F)F)c3)c(F)c2)cc2n1CC1CC3(CC3)CN21. The minimum atomic E-state index is -4.74. The number of anilines is 1. The van der Waals surface area contributed by atoms with Crippen molar-refractivity contribution in [3.8, 4) is 17.4 Å². The first-order valence-electron chi connectivity index (χ1n) is 11.3. The number of hydrogen-bond acceptors (Lipinski definition) is 6. The Morgan fingerprint density at radius 1 is 1.11 bits per heavy atom. The van der Waals surface area contributed by atoms with Crippen LogP contribution in [0.5, 0.6) is 17.4 Å². The highest BCUT2D eigenvalue weighted by molar-refractivity contribution is 5.50. The van der Waals surface area contributed by atoms with E-state index in [4.69, 9.17) is 9.47 Å². The Labute approximate surface area is 201 Å². The Morgan fingerprint density at radius 2 is 1.86 bits per heavy atom. The number of benzene rings is 1. The van der Waals surface area contributed by atoms with Gasteiger partial charge in [-0.05, 0) is 48.4 Å². The summed E-state index contributed by atoms with van der Waals surface area (Å²) in [5, 5.41) is 0. The highest BCUT2D eigenvalue weighted by Crippen LogP contribution is 2.57. The topological polar surface area (TPSA) is 69.5 Å². The predicted octanol–water partition coefficient (Wildman–Crippen LogP) is 4.68. The molecule has 188 valence electrons. The molecule has 0 N–H and O–H groups in total.